The molecule has 1 aliphatic rings. The van der Waals surface area contributed by atoms with Gasteiger partial charge in [0.25, 0.3) is 0 Å². The lowest BCUT2D eigenvalue weighted by molar-refractivity contribution is -0.309. The standard InChI is InChI=1S/C14H22N2O2/c1-13(2)10-16(11-14(17,18)15(13)3)9-12-7-5-4-6-8-12/h4-8,17-18H,9-11H2,1-3H3. The zero-order valence-corrected chi connectivity index (χ0v) is 11.3. The molecular formula is C14H22N2O2. The van der Waals surface area contributed by atoms with Crippen LogP contribution in [0.5, 0.6) is 0 Å². The first-order valence-corrected chi connectivity index (χ1v) is 6.26. The van der Waals surface area contributed by atoms with Crippen LogP contribution in [-0.4, -0.2) is 51.6 Å². The van der Waals surface area contributed by atoms with Crippen molar-refractivity contribution in [1.29, 1.82) is 0 Å². The van der Waals surface area contributed by atoms with Gasteiger partial charge in [0.2, 0.25) is 5.91 Å². The number of β-amino-alcohol motifs (C(OH)–C–C–N with tert-alkyl or cyclic N) is 2. The van der Waals surface area contributed by atoms with Gasteiger partial charge in [0.05, 0.1) is 6.54 Å². The monoisotopic (exact) mass is 250 g/mol. The van der Waals surface area contributed by atoms with Crippen LogP contribution >= 0.6 is 0 Å². The lowest BCUT2D eigenvalue weighted by Crippen LogP contribution is -2.69. The van der Waals surface area contributed by atoms with Crippen molar-refractivity contribution in [3.8, 4) is 0 Å². The molecule has 4 heteroatoms. The predicted octanol–water partition coefficient (Wildman–Crippen LogP) is 0.851. The molecule has 1 aromatic carbocycles. The van der Waals surface area contributed by atoms with Gasteiger partial charge in [-0.1, -0.05) is 30.3 Å². The molecule has 0 saturated carbocycles. The zero-order valence-electron chi connectivity index (χ0n) is 11.3. The molecule has 2 rings (SSSR count). The van der Waals surface area contributed by atoms with E-state index in [1.807, 2.05) is 32.0 Å². The molecule has 0 atom stereocenters. The molecule has 0 spiro atoms. The van der Waals surface area contributed by atoms with Gasteiger partial charge in [0.15, 0.2) is 0 Å². The highest BCUT2D eigenvalue weighted by Gasteiger charge is 2.45. The Kier molecular flexibility index (Phi) is 3.47. The fourth-order valence-corrected chi connectivity index (χ4v) is 2.55. The van der Waals surface area contributed by atoms with Gasteiger partial charge in [-0.2, -0.15) is 0 Å². The van der Waals surface area contributed by atoms with E-state index in [9.17, 15) is 10.2 Å². The number of piperazine rings is 1. The first-order valence-electron chi connectivity index (χ1n) is 6.26. The number of benzene rings is 1. The average Bonchev–Trinajstić information content (AvgIpc) is 2.26. The summed E-state index contributed by atoms with van der Waals surface area (Å²) < 4.78 is 0. The molecule has 4 nitrogen and oxygen atoms in total. The maximum atomic E-state index is 10.1. The quantitative estimate of drug-likeness (QED) is 0.764. The van der Waals surface area contributed by atoms with Crippen LogP contribution < -0.4 is 0 Å². The summed E-state index contributed by atoms with van der Waals surface area (Å²) in [5.74, 6) is -1.77. The molecule has 1 saturated heterocycles. The Morgan fingerprint density at radius 3 is 2.28 bits per heavy atom. The third-order valence-electron chi connectivity index (χ3n) is 3.74. The van der Waals surface area contributed by atoms with Crippen molar-refractivity contribution < 1.29 is 10.2 Å². The Hall–Kier alpha value is -0.940. The van der Waals surface area contributed by atoms with Crippen LogP contribution in [0.4, 0.5) is 0 Å². The minimum absolute atomic E-state index is 0.238. The third kappa shape index (κ3) is 2.72. The van der Waals surface area contributed by atoms with Gasteiger partial charge in [-0.05, 0) is 26.5 Å². The smallest absolute Gasteiger partial charge is 0.238 e. The van der Waals surface area contributed by atoms with Crippen LogP contribution in [0.3, 0.4) is 0 Å². The highest BCUT2D eigenvalue weighted by molar-refractivity contribution is 5.15. The Morgan fingerprint density at radius 1 is 1.11 bits per heavy atom. The lowest BCUT2D eigenvalue weighted by atomic mass is 9.97. The molecular weight excluding hydrogens is 228 g/mol. The van der Waals surface area contributed by atoms with Crippen LogP contribution in [0.15, 0.2) is 30.3 Å². The second-order valence-electron chi connectivity index (χ2n) is 5.78. The SMILES string of the molecule is CN1C(C)(C)CN(Cc2ccccc2)CC1(O)O. The van der Waals surface area contributed by atoms with Crippen molar-refractivity contribution >= 4 is 0 Å². The number of likely N-dealkylation sites (N-methyl/N-ethyl adjacent to an activating group) is 1. The number of nitrogens with zero attached hydrogens (tertiary/aromatic N) is 2. The molecule has 0 radical (unpaired) electrons. The van der Waals surface area contributed by atoms with Gasteiger partial charge >= 0.3 is 0 Å². The molecule has 1 aliphatic heterocycles. The zero-order chi connectivity index (χ0) is 13.4. The Balaban J connectivity index is 2.12. The largest absolute Gasteiger partial charge is 0.352 e. The summed E-state index contributed by atoms with van der Waals surface area (Å²) in [5, 5.41) is 20.1. The molecule has 1 fully saturated rings. The first kappa shape index (κ1) is 13.5. The molecule has 1 aromatic rings. The Bertz CT molecular complexity index is 386. The van der Waals surface area contributed by atoms with E-state index in [4.69, 9.17) is 0 Å². The Labute approximate surface area is 108 Å². The first-order chi connectivity index (χ1) is 8.31. The molecule has 18 heavy (non-hydrogen) atoms. The minimum atomic E-state index is -1.77. The summed E-state index contributed by atoms with van der Waals surface area (Å²) in [6.07, 6.45) is 0. The van der Waals surface area contributed by atoms with E-state index >= 15 is 0 Å². The highest BCUT2D eigenvalue weighted by Crippen LogP contribution is 2.28. The molecule has 0 unspecified atom stereocenters. The second-order valence-corrected chi connectivity index (χ2v) is 5.78. The maximum Gasteiger partial charge on any atom is 0.238 e. The van der Waals surface area contributed by atoms with Crippen LogP contribution in [0, 0.1) is 0 Å². The van der Waals surface area contributed by atoms with E-state index in [0.717, 1.165) is 13.1 Å². The normalized spacial score (nSPS) is 24.1. The van der Waals surface area contributed by atoms with Crippen molar-refractivity contribution in [2.24, 2.45) is 0 Å². The summed E-state index contributed by atoms with van der Waals surface area (Å²) >= 11 is 0. The molecule has 2 N–H and O–H groups in total. The lowest BCUT2D eigenvalue weighted by Gasteiger charge is -2.52. The van der Waals surface area contributed by atoms with Crippen molar-refractivity contribution in [3.05, 3.63) is 35.9 Å². The molecule has 100 valence electrons. The highest BCUT2D eigenvalue weighted by atomic mass is 16.5. The van der Waals surface area contributed by atoms with Crippen LogP contribution in [0.25, 0.3) is 0 Å². The molecule has 1 heterocycles. The van der Waals surface area contributed by atoms with Gasteiger partial charge in [-0.15, -0.1) is 0 Å². The van der Waals surface area contributed by atoms with Crippen molar-refractivity contribution in [2.45, 2.75) is 31.8 Å². The van der Waals surface area contributed by atoms with Crippen molar-refractivity contribution in [1.82, 2.24) is 9.80 Å². The van der Waals surface area contributed by atoms with E-state index in [1.54, 1.807) is 11.9 Å². The van der Waals surface area contributed by atoms with Crippen molar-refractivity contribution in [2.75, 3.05) is 20.1 Å². The van der Waals surface area contributed by atoms with E-state index in [2.05, 4.69) is 17.0 Å². The van der Waals surface area contributed by atoms with Gasteiger partial charge in [-0.25, -0.2) is 4.90 Å². The number of hydrogen-bond donors (Lipinski definition) is 2. The minimum Gasteiger partial charge on any atom is -0.352 e. The van der Waals surface area contributed by atoms with Gasteiger partial charge in [0.1, 0.15) is 0 Å². The molecule has 0 amide bonds. The van der Waals surface area contributed by atoms with E-state index in [0.29, 0.717) is 0 Å². The summed E-state index contributed by atoms with van der Waals surface area (Å²) in [7, 11) is 1.75. The Morgan fingerprint density at radius 2 is 1.72 bits per heavy atom. The van der Waals surface area contributed by atoms with Crippen molar-refractivity contribution in [3.63, 3.8) is 0 Å². The summed E-state index contributed by atoms with van der Waals surface area (Å²) in [4.78, 5) is 3.71. The van der Waals surface area contributed by atoms with Gasteiger partial charge < -0.3 is 10.2 Å². The molecule has 0 aliphatic carbocycles. The average molecular weight is 250 g/mol. The topological polar surface area (TPSA) is 46.9 Å². The number of aliphatic hydroxyl groups is 2. The summed E-state index contributed by atoms with van der Waals surface area (Å²) in [5.41, 5.74) is 0.921. The predicted molar refractivity (Wildman–Crippen MR) is 70.7 cm³/mol. The van der Waals surface area contributed by atoms with E-state index in [1.165, 1.54) is 5.56 Å². The van der Waals surface area contributed by atoms with E-state index < -0.39 is 5.91 Å². The third-order valence-corrected chi connectivity index (χ3v) is 3.74. The van der Waals surface area contributed by atoms with Gasteiger partial charge in [-0.3, -0.25) is 4.90 Å². The molecule has 0 bridgehead atoms. The van der Waals surface area contributed by atoms with Gasteiger partial charge in [0, 0.05) is 18.6 Å². The fraction of sp³-hybridized carbons (Fsp3) is 0.571. The second kappa shape index (κ2) is 4.63. The summed E-state index contributed by atoms with van der Waals surface area (Å²) in [6.45, 7) is 5.82. The fourth-order valence-electron chi connectivity index (χ4n) is 2.55. The maximum absolute atomic E-state index is 10.1. The van der Waals surface area contributed by atoms with E-state index in [-0.39, 0.29) is 12.1 Å². The van der Waals surface area contributed by atoms with Crippen LogP contribution in [0.2, 0.25) is 0 Å². The number of hydrogen-bond acceptors (Lipinski definition) is 4. The van der Waals surface area contributed by atoms with Crippen LogP contribution in [0.1, 0.15) is 19.4 Å². The summed E-state index contributed by atoms with van der Waals surface area (Å²) in [6, 6.07) is 10.1. The number of rotatable bonds is 2. The molecule has 0 aromatic heterocycles. The van der Waals surface area contributed by atoms with Crippen LogP contribution in [-0.2, 0) is 6.54 Å².